The maximum absolute atomic E-state index is 12.6. The second-order valence-corrected chi connectivity index (χ2v) is 7.84. The van der Waals surface area contributed by atoms with E-state index in [1.54, 1.807) is 6.08 Å². The number of hydrogen-bond acceptors (Lipinski definition) is 3. The number of hydrogen-bond donors (Lipinski definition) is 0. The van der Waals surface area contributed by atoms with Crippen molar-refractivity contribution in [1.29, 1.82) is 5.26 Å². The fourth-order valence-electron chi connectivity index (χ4n) is 4.22. The molecule has 0 atom stereocenters. The van der Waals surface area contributed by atoms with Crippen LogP contribution in [-0.2, 0) is 9.53 Å². The normalized spacial score (nSPS) is 30.1. The summed E-state index contributed by atoms with van der Waals surface area (Å²) in [6.07, 6.45) is 16.5. The molecule has 0 aliphatic heterocycles. The molecule has 0 spiro atoms. The fraction of sp³-hybridized carbons (Fsp3) is 0.727. The zero-order valence-corrected chi connectivity index (χ0v) is 16.0. The van der Waals surface area contributed by atoms with E-state index in [1.165, 1.54) is 31.4 Å². The molecule has 0 aromatic carbocycles. The first-order chi connectivity index (χ1) is 12.6. The van der Waals surface area contributed by atoms with Gasteiger partial charge in [-0.05, 0) is 82.1 Å². The van der Waals surface area contributed by atoms with Gasteiger partial charge in [-0.15, -0.1) is 0 Å². The van der Waals surface area contributed by atoms with E-state index in [0.717, 1.165) is 57.3 Å². The van der Waals surface area contributed by atoms with Crippen molar-refractivity contribution in [3.63, 3.8) is 0 Å². The molecule has 26 heavy (non-hydrogen) atoms. The summed E-state index contributed by atoms with van der Waals surface area (Å²) < 4.78 is 18.4. The Morgan fingerprint density at radius 3 is 2.38 bits per heavy atom. The maximum atomic E-state index is 12.6. The van der Waals surface area contributed by atoms with Crippen LogP contribution in [0.25, 0.3) is 0 Å². The molecule has 0 aromatic heterocycles. The van der Waals surface area contributed by atoms with Crippen LogP contribution in [0, 0.1) is 29.1 Å². The average molecular weight is 362 g/mol. The van der Waals surface area contributed by atoms with Gasteiger partial charge in [-0.1, -0.05) is 25.5 Å². The predicted octanol–water partition coefficient (Wildman–Crippen LogP) is 6.02. The third-order valence-electron chi connectivity index (χ3n) is 6.06. The molecule has 2 rings (SSSR count). The summed E-state index contributed by atoms with van der Waals surface area (Å²) >= 11 is 0. The molecule has 2 aliphatic carbocycles. The van der Waals surface area contributed by atoms with Crippen molar-refractivity contribution >= 4 is 5.97 Å². The van der Waals surface area contributed by atoms with Gasteiger partial charge in [-0.3, -0.25) is 4.79 Å². The van der Waals surface area contributed by atoms with E-state index in [2.05, 4.69) is 6.92 Å². The third-order valence-corrected chi connectivity index (χ3v) is 6.06. The molecule has 0 heterocycles. The minimum atomic E-state index is -0.758. The molecule has 2 aliphatic rings. The van der Waals surface area contributed by atoms with Crippen molar-refractivity contribution in [3.8, 4) is 6.07 Å². The number of rotatable bonds is 7. The Morgan fingerprint density at radius 1 is 1.12 bits per heavy atom. The maximum Gasteiger partial charge on any atom is 0.309 e. The highest BCUT2D eigenvalue weighted by atomic mass is 19.1. The van der Waals surface area contributed by atoms with Gasteiger partial charge in [0.05, 0.1) is 5.92 Å². The first kappa shape index (κ1) is 20.7. The standard InChI is InChI=1S/C22H32FNO2/c1-2-17-8-12-19(13-9-17)22(25)26-21-14-10-18(11-15-21)6-4-3-5-7-20(23)16-24/h3,5,7,17-19,21H,2,4,6,8-15H2,1H3. The Morgan fingerprint density at radius 2 is 1.77 bits per heavy atom. The van der Waals surface area contributed by atoms with Gasteiger partial charge in [0.2, 0.25) is 0 Å². The van der Waals surface area contributed by atoms with Crippen LogP contribution in [0.1, 0.15) is 77.6 Å². The summed E-state index contributed by atoms with van der Waals surface area (Å²) in [6.45, 7) is 2.23. The van der Waals surface area contributed by atoms with E-state index in [4.69, 9.17) is 10.00 Å². The first-order valence-electron chi connectivity index (χ1n) is 10.2. The average Bonchev–Trinajstić information content (AvgIpc) is 2.68. The van der Waals surface area contributed by atoms with Gasteiger partial charge in [-0.2, -0.15) is 9.65 Å². The van der Waals surface area contributed by atoms with E-state index in [9.17, 15) is 9.18 Å². The quantitative estimate of drug-likeness (QED) is 0.316. The van der Waals surface area contributed by atoms with Gasteiger partial charge < -0.3 is 4.74 Å². The molecule has 0 aromatic rings. The summed E-state index contributed by atoms with van der Waals surface area (Å²) in [5.41, 5.74) is 0. The summed E-state index contributed by atoms with van der Waals surface area (Å²) in [5.74, 6) is 0.862. The summed E-state index contributed by atoms with van der Waals surface area (Å²) in [5, 5.41) is 8.33. The number of carbonyl (C=O) groups is 1. The zero-order chi connectivity index (χ0) is 18.8. The minimum Gasteiger partial charge on any atom is -0.462 e. The number of allylic oxidation sites excluding steroid dienone is 4. The van der Waals surface area contributed by atoms with Crippen LogP contribution in [0.5, 0.6) is 0 Å². The van der Waals surface area contributed by atoms with Crippen LogP contribution < -0.4 is 0 Å². The van der Waals surface area contributed by atoms with Crippen molar-refractivity contribution in [1.82, 2.24) is 0 Å². The van der Waals surface area contributed by atoms with Crippen LogP contribution >= 0.6 is 0 Å². The molecule has 2 fully saturated rings. The predicted molar refractivity (Wildman–Crippen MR) is 101 cm³/mol. The lowest BCUT2D eigenvalue weighted by molar-refractivity contribution is -0.157. The number of nitriles is 1. The van der Waals surface area contributed by atoms with Crippen LogP contribution in [0.2, 0.25) is 0 Å². The molecule has 0 bridgehead atoms. The van der Waals surface area contributed by atoms with Crippen molar-refractivity contribution in [2.75, 3.05) is 0 Å². The molecule has 0 saturated heterocycles. The molecule has 2 saturated carbocycles. The second kappa shape index (κ2) is 11.2. The van der Waals surface area contributed by atoms with E-state index in [-0.39, 0.29) is 18.0 Å². The highest BCUT2D eigenvalue weighted by Gasteiger charge is 2.30. The highest BCUT2D eigenvalue weighted by Crippen LogP contribution is 2.34. The second-order valence-electron chi connectivity index (χ2n) is 7.84. The largest absolute Gasteiger partial charge is 0.462 e. The Hall–Kier alpha value is -1.63. The fourth-order valence-corrected chi connectivity index (χ4v) is 4.22. The van der Waals surface area contributed by atoms with Crippen LogP contribution in [0.4, 0.5) is 4.39 Å². The van der Waals surface area contributed by atoms with Crippen molar-refractivity contribution in [2.45, 2.75) is 83.7 Å². The number of halogens is 1. The lowest BCUT2D eigenvalue weighted by atomic mass is 9.80. The summed E-state index contributed by atoms with van der Waals surface area (Å²) in [6, 6.07) is 1.46. The zero-order valence-electron chi connectivity index (χ0n) is 16.0. The lowest BCUT2D eigenvalue weighted by Gasteiger charge is -2.31. The summed E-state index contributed by atoms with van der Waals surface area (Å²) in [4.78, 5) is 12.4. The number of ether oxygens (including phenoxy) is 1. The highest BCUT2D eigenvalue weighted by molar-refractivity contribution is 5.72. The van der Waals surface area contributed by atoms with Crippen LogP contribution in [0.15, 0.2) is 24.1 Å². The Bertz CT molecular complexity index is 533. The van der Waals surface area contributed by atoms with Gasteiger partial charge in [0.25, 0.3) is 0 Å². The molecule has 0 N–H and O–H groups in total. The van der Waals surface area contributed by atoms with Crippen molar-refractivity contribution in [3.05, 3.63) is 24.1 Å². The Kier molecular flexibility index (Phi) is 8.88. The molecule has 0 radical (unpaired) electrons. The molecule has 3 nitrogen and oxygen atoms in total. The molecule has 4 heteroatoms. The number of esters is 1. The first-order valence-corrected chi connectivity index (χ1v) is 10.2. The van der Waals surface area contributed by atoms with Crippen LogP contribution in [0.3, 0.4) is 0 Å². The third kappa shape index (κ3) is 6.94. The van der Waals surface area contributed by atoms with E-state index < -0.39 is 5.83 Å². The Labute approximate surface area is 157 Å². The summed E-state index contributed by atoms with van der Waals surface area (Å²) in [7, 11) is 0. The Balaban J connectivity index is 1.61. The van der Waals surface area contributed by atoms with E-state index >= 15 is 0 Å². The van der Waals surface area contributed by atoms with Crippen molar-refractivity contribution in [2.24, 2.45) is 17.8 Å². The SMILES string of the molecule is CCC1CCC(C(=O)OC2CCC(CCC=CC=C(F)C#N)CC2)CC1. The molecular formula is C22H32FNO2. The number of nitrogens with zero attached hydrogens (tertiary/aromatic N) is 1. The van der Waals surface area contributed by atoms with Gasteiger partial charge in [-0.25, -0.2) is 0 Å². The topological polar surface area (TPSA) is 50.1 Å². The molecule has 0 unspecified atom stereocenters. The van der Waals surface area contributed by atoms with Gasteiger partial charge in [0.1, 0.15) is 12.2 Å². The number of carbonyl (C=O) groups excluding carboxylic acids is 1. The minimum absolute atomic E-state index is 0.0391. The smallest absolute Gasteiger partial charge is 0.309 e. The van der Waals surface area contributed by atoms with Gasteiger partial charge >= 0.3 is 5.97 Å². The molecule has 0 amide bonds. The van der Waals surface area contributed by atoms with Gasteiger partial charge in [0.15, 0.2) is 5.83 Å². The lowest BCUT2D eigenvalue weighted by Crippen LogP contribution is -2.30. The molecule has 144 valence electrons. The van der Waals surface area contributed by atoms with Crippen LogP contribution in [-0.4, -0.2) is 12.1 Å². The van der Waals surface area contributed by atoms with Crippen molar-refractivity contribution < 1.29 is 13.9 Å². The van der Waals surface area contributed by atoms with Gasteiger partial charge in [0, 0.05) is 0 Å². The van der Waals surface area contributed by atoms with E-state index in [0.29, 0.717) is 5.92 Å². The monoisotopic (exact) mass is 361 g/mol. The van der Waals surface area contributed by atoms with E-state index in [1.807, 2.05) is 6.08 Å². The molecular weight excluding hydrogens is 329 g/mol.